The fourth-order valence-corrected chi connectivity index (χ4v) is 4.43. The van der Waals surface area contributed by atoms with Gasteiger partial charge in [0, 0.05) is 19.1 Å². The van der Waals surface area contributed by atoms with Gasteiger partial charge in [0.1, 0.15) is 10.7 Å². The Morgan fingerprint density at radius 2 is 2.00 bits per heavy atom. The van der Waals surface area contributed by atoms with E-state index in [9.17, 15) is 17.6 Å². The summed E-state index contributed by atoms with van der Waals surface area (Å²) in [5, 5.41) is 8.81. The average molecular weight is 344 g/mol. The number of hydrogen-bond acceptors (Lipinski definition) is 4. The molecule has 0 aliphatic carbocycles. The van der Waals surface area contributed by atoms with E-state index in [1.54, 1.807) is 11.9 Å². The molecule has 1 aliphatic rings. The quantitative estimate of drug-likeness (QED) is 0.871. The van der Waals surface area contributed by atoms with E-state index < -0.39 is 21.8 Å². The standard InChI is InChI=1S/C15H21FN2O4S/c1-11-4-3-5-13(15(11)16)23(21,22)18-8-6-12(7-9-18)17(2)10-14(19)20/h3-5,12H,6-10H2,1-2H3,(H,19,20). The lowest BCUT2D eigenvalue weighted by molar-refractivity contribution is -0.138. The Hall–Kier alpha value is -1.51. The molecule has 128 valence electrons. The van der Waals surface area contributed by atoms with E-state index in [2.05, 4.69) is 0 Å². The van der Waals surface area contributed by atoms with Crippen molar-refractivity contribution in [2.24, 2.45) is 0 Å². The molecule has 2 rings (SSSR count). The fourth-order valence-electron chi connectivity index (χ4n) is 2.82. The number of hydrogen-bond donors (Lipinski definition) is 1. The van der Waals surface area contributed by atoms with Crippen LogP contribution in [0.1, 0.15) is 18.4 Å². The molecule has 1 aromatic rings. The Morgan fingerprint density at radius 3 is 2.57 bits per heavy atom. The van der Waals surface area contributed by atoms with E-state index >= 15 is 0 Å². The third-order valence-electron chi connectivity index (χ3n) is 4.21. The number of carboxylic acids is 1. The fraction of sp³-hybridized carbons (Fsp3) is 0.533. The zero-order chi connectivity index (χ0) is 17.2. The third kappa shape index (κ3) is 3.88. The Bertz CT molecular complexity index is 685. The first kappa shape index (κ1) is 17.8. The molecule has 0 bridgehead atoms. The summed E-state index contributed by atoms with van der Waals surface area (Å²) in [5.74, 6) is -1.62. The number of likely N-dealkylation sites (N-methyl/N-ethyl adjacent to an activating group) is 1. The van der Waals surface area contributed by atoms with Gasteiger partial charge in [0.25, 0.3) is 0 Å². The number of aliphatic carboxylic acids is 1. The van der Waals surface area contributed by atoms with Crippen molar-refractivity contribution >= 4 is 16.0 Å². The molecule has 0 aromatic heterocycles. The molecule has 0 radical (unpaired) electrons. The van der Waals surface area contributed by atoms with Crippen LogP contribution in [0.4, 0.5) is 4.39 Å². The Balaban J connectivity index is 2.10. The second-order valence-electron chi connectivity index (χ2n) is 5.83. The number of piperidine rings is 1. The number of aryl methyl sites for hydroxylation is 1. The minimum Gasteiger partial charge on any atom is -0.480 e. The van der Waals surface area contributed by atoms with E-state index in [0.29, 0.717) is 18.4 Å². The normalized spacial score (nSPS) is 17.6. The topological polar surface area (TPSA) is 77.9 Å². The molecule has 1 N–H and O–H groups in total. The second-order valence-corrected chi connectivity index (χ2v) is 7.74. The molecule has 0 atom stereocenters. The van der Waals surface area contributed by atoms with Gasteiger partial charge in [0.2, 0.25) is 10.0 Å². The number of halogens is 1. The monoisotopic (exact) mass is 344 g/mol. The molecule has 23 heavy (non-hydrogen) atoms. The maximum atomic E-state index is 14.1. The van der Waals surface area contributed by atoms with Crippen LogP contribution in [0.5, 0.6) is 0 Å². The maximum absolute atomic E-state index is 14.1. The highest BCUT2D eigenvalue weighted by Gasteiger charge is 2.32. The lowest BCUT2D eigenvalue weighted by Gasteiger charge is -2.35. The van der Waals surface area contributed by atoms with E-state index in [1.165, 1.54) is 29.4 Å². The van der Waals surface area contributed by atoms with Crippen molar-refractivity contribution in [1.82, 2.24) is 9.21 Å². The van der Waals surface area contributed by atoms with Gasteiger partial charge in [-0.3, -0.25) is 9.69 Å². The van der Waals surface area contributed by atoms with Crippen molar-refractivity contribution < 1.29 is 22.7 Å². The SMILES string of the molecule is Cc1cccc(S(=O)(=O)N2CCC(N(C)CC(=O)O)CC2)c1F. The summed E-state index contributed by atoms with van der Waals surface area (Å²) in [5.41, 5.74) is 0.294. The Labute approximate surface area is 135 Å². The van der Waals surface area contributed by atoms with Crippen molar-refractivity contribution in [3.8, 4) is 0 Å². The number of carboxylic acid groups (broad SMARTS) is 1. The van der Waals surface area contributed by atoms with Gasteiger partial charge in [0.15, 0.2) is 0 Å². The van der Waals surface area contributed by atoms with Crippen LogP contribution in [0.2, 0.25) is 0 Å². The van der Waals surface area contributed by atoms with E-state index in [0.717, 1.165) is 0 Å². The summed E-state index contributed by atoms with van der Waals surface area (Å²) in [6.07, 6.45) is 1.05. The summed E-state index contributed by atoms with van der Waals surface area (Å²) in [7, 11) is -2.15. The zero-order valence-electron chi connectivity index (χ0n) is 13.2. The number of rotatable bonds is 5. The van der Waals surface area contributed by atoms with Gasteiger partial charge < -0.3 is 5.11 Å². The van der Waals surface area contributed by atoms with Gasteiger partial charge in [0.05, 0.1) is 6.54 Å². The average Bonchev–Trinajstić information content (AvgIpc) is 2.49. The van der Waals surface area contributed by atoms with Crippen LogP contribution in [0, 0.1) is 12.7 Å². The minimum absolute atomic E-state index is 0.0138. The summed E-state index contributed by atoms with van der Waals surface area (Å²) < 4.78 is 40.6. The van der Waals surface area contributed by atoms with Crippen LogP contribution in [0.25, 0.3) is 0 Å². The molecule has 1 aliphatic heterocycles. The molecule has 1 fully saturated rings. The molecule has 0 saturated carbocycles. The highest BCUT2D eigenvalue weighted by atomic mass is 32.2. The van der Waals surface area contributed by atoms with Crippen LogP contribution >= 0.6 is 0 Å². The summed E-state index contributed by atoms with van der Waals surface area (Å²) in [6, 6.07) is 4.35. The maximum Gasteiger partial charge on any atom is 0.317 e. The van der Waals surface area contributed by atoms with Crippen molar-refractivity contribution in [2.75, 3.05) is 26.7 Å². The minimum atomic E-state index is -3.86. The predicted molar refractivity (Wildman–Crippen MR) is 83.2 cm³/mol. The summed E-state index contributed by atoms with van der Waals surface area (Å²) >= 11 is 0. The summed E-state index contributed by atoms with van der Waals surface area (Å²) in [6.45, 7) is 1.96. The highest BCUT2D eigenvalue weighted by molar-refractivity contribution is 7.89. The number of carbonyl (C=O) groups is 1. The van der Waals surface area contributed by atoms with Crippen LogP contribution in [0.3, 0.4) is 0 Å². The van der Waals surface area contributed by atoms with E-state index in [1.807, 2.05) is 0 Å². The van der Waals surface area contributed by atoms with Crippen molar-refractivity contribution in [1.29, 1.82) is 0 Å². The van der Waals surface area contributed by atoms with Crippen molar-refractivity contribution in [2.45, 2.75) is 30.7 Å². The number of sulfonamides is 1. The molecular formula is C15H21FN2O4S. The molecule has 1 heterocycles. The predicted octanol–water partition coefficient (Wildman–Crippen LogP) is 1.30. The van der Waals surface area contributed by atoms with Crippen LogP contribution in [-0.4, -0.2) is 61.4 Å². The van der Waals surface area contributed by atoms with Gasteiger partial charge in [-0.2, -0.15) is 4.31 Å². The van der Waals surface area contributed by atoms with Crippen LogP contribution < -0.4 is 0 Å². The molecule has 8 heteroatoms. The first-order valence-corrected chi connectivity index (χ1v) is 8.84. The van der Waals surface area contributed by atoms with Crippen LogP contribution in [-0.2, 0) is 14.8 Å². The smallest absolute Gasteiger partial charge is 0.317 e. The first-order valence-electron chi connectivity index (χ1n) is 7.40. The molecular weight excluding hydrogens is 323 g/mol. The van der Waals surface area contributed by atoms with Gasteiger partial charge in [-0.25, -0.2) is 12.8 Å². The number of nitrogens with zero attached hydrogens (tertiary/aromatic N) is 2. The molecule has 1 aromatic carbocycles. The Morgan fingerprint density at radius 1 is 1.39 bits per heavy atom. The van der Waals surface area contributed by atoms with Crippen molar-refractivity contribution in [3.63, 3.8) is 0 Å². The lowest BCUT2D eigenvalue weighted by atomic mass is 10.1. The molecule has 1 saturated heterocycles. The zero-order valence-corrected chi connectivity index (χ0v) is 14.0. The molecule has 0 spiro atoms. The summed E-state index contributed by atoms with van der Waals surface area (Å²) in [4.78, 5) is 12.2. The van der Waals surface area contributed by atoms with E-state index in [-0.39, 0.29) is 30.6 Å². The first-order chi connectivity index (χ1) is 10.7. The molecule has 0 unspecified atom stereocenters. The van der Waals surface area contributed by atoms with Gasteiger partial charge >= 0.3 is 5.97 Å². The second kappa shape index (κ2) is 6.94. The molecule has 0 amide bonds. The Kier molecular flexibility index (Phi) is 5.38. The van der Waals surface area contributed by atoms with Gasteiger partial charge in [-0.05, 0) is 38.4 Å². The van der Waals surface area contributed by atoms with Gasteiger partial charge in [-0.1, -0.05) is 12.1 Å². The number of benzene rings is 1. The lowest BCUT2D eigenvalue weighted by Crippen LogP contribution is -2.46. The third-order valence-corrected chi connectivity index (χ3v) is 6.12. The largest absolute Gasteiger partial charge is 0.480 e. The van der Waals surface area contributed by atoms with Gasteiger partial charge in [-0.15, -0.1) is 0 Å². The van der Waals surface area contributed by atoms with Crippen LogP contribution in [0.15, 0.2) is 23.1 Å². The van der Waals surface area contributed by atoms with E-state index in [4.69, 9.17) is 5.11 Å². The molecule has 6 nitrogen and oxygen atoms in total. The highest BCUT2D eigenvalue weighted by Crippen LogP contribution is 2.25. The van der Waals surface area contributed by atoms with Crippen molar-refractivity contribution in [3.05, 3.63) is 29.6 Å².